The summed E-state index contributed by atoms with van der Waals surface area (Å²) in [7, 11) is 1.36. The van der Waals surface area contributed by atoms with Gasteiger partial charge in [-0.15, -0.1) is 0 Å². The van der Waals surface area contributed by atoms with Gasteiger partial charge in [0.1, 0.15) is 19.3 Å². The molecule has 0 fully saturated rings. The van der Waals surface area contributed by atoms with E-state index in [0.717, 1.165) is 32.1 Å². The molecule has 47 heavy (non-hydrogen) atoms. The average molecular weight is 690 g/mol. The number of allylic oxidation sites excluding steroid dienone is 2. The van der Waals surface area contributed by atoms with E-state index >= 15 is 0 Å². The fraction of sp³-hybridized carbons (Fsp3) is 0.921. The number of carbonyl (C=O) groups is 1. The van der Waals surface area contributed by atoms with E-state index in [1.54, 1.807) is 0 Å². The quantitative estimate of drug-likeness (QED) is 0.0212. The molecule has 0 amide bonds. The standard InChI is InChI=1S/C38H76NO7P/c1-6-8-10-12-14-15-16-17-18-19-20-21-22-23-24-25-26-28-30-33-43-35-37(46-38(40)31-29-27-13-11-9-7-2)36-45-47(41,42)44-34-32-39(3,4)5/h18-19,37H,6-17,20-36H2,1-5H3/b19-18-. The van der Waals surface area contributed by atoms with Gasteiger partial charge in [0, 0.05) is 13.0 Å². The highest BCUT2D eigenvalue weighted by molar-refractivity contribution is 7.45. The number of rotatable bonds is 36. The van der Waals surface area contributed by atoms with Crippen molar-refractivity contribution in [3.8, 4) is 0 Å². The second-order valence-corrected chi connectivity index (χ2v) is 15.7. The molecule has 2 atom stereocenters. The van der Waals surface area contributed by atoms with E-state index in [1.807, 2.05) is 21.1 Å². The highest BCUT2D eigenvalue weighted by Crippen LogP contribution is 2.38. The van der Waals surface area contributed by atoms with E-state index < -0.39 is 13.9 Å². The number of esters is 1. The second kappa shape index (κ2) is 32.4. The largest absolute Gasteiger partial charge is 0.756 e. The minimum absolute atomic E-state index is 0.0278. The Bertz CT molecular complexity index is 772. The molecule has 0 aliphatic rings. The maximum absolute atomic E-state index is 12.4. The molecule has 0 saturated heterocycles. The van der Waals surface area contributed by atoms with Gasteiger partial charge >= 0.3 is 5.97 Å². The topological polar surface area (TPSA) is 94.1 Å². The van der Waals surface area contributed by atoms with Crippen LogP contribution >= 0.6 is 7.82 Å². The fourth-order valence-electron chi connectivity index (χ4n) is 5.25. The highest BCUT2D eigenvalue weighted by Gasteiger charge is 2.20. The number of ether oxygens (including phenoxy) is 2. The Kier molecular flexibility index (Phi) is 31.9. The molecule has 9 heteroatoms. The van der Waals surface area contributed by atoms with E-state index in [2.05, 4.69) is 26.0 Å². The minimum atomic E-state index is -4.50. The van der Waals surface area contributed by atoms with Gasteiger partial charge in [-0.3, -0.25) is 9.36 Å². The number of hydrogen-bond acceptors (Lipinski definition) is 7. The second-order valence-electron chi connectivity index (χ2n) is 14.3. The molecule has 280 valence electrons. The zero-order valence-electron chi connectivity index (χ0n) is 31.5. The molecule has 0 aromatic rings. The Hall–Kier alpha value is -0.760. The van der Waals surface area contributed by atoms with Crippen LogP contribution in [0.3, 0.4) is 0 Å². The minimum Gasteiger partial charge on any atom is -0.756 e. The number of carbonyl (C=O) groups excluding carboxylic acids is 1. The molecule has 0 heterocycles. The van der Waals surface area contributed by atoms with Crippen LogP contribution in [0.1, 0.15) is 168 Å². The number of nitrogens with zero attached hydrogens (tertiary/aromatic N) is 1. The van der Waals surface area contributed by atoms with Crippen LogP contribution in [-0.4, -0.2) is 70.7 Å². The monoisotopic (exact) mass is 690 g/mol. The maximum Gasteiger partial charge on any atom is 0.306 e. The van der Waals surface area contributed by atoms with Gasteiger partial charge in [0.2, 0.25) is 0 Å². The molecule has 0 bridgehead atoms. The molecule has 0 aliphatic heterocycles. The molecular weight excluding hydrogens is 613 g/mol. The average Bonchev–Trinajstić information content (AvgIpc) is 3.01. The van der Waals surface area contributed by atoms with Crippen molar-refractivity contribution in [2.45, 2.75) is 174 Å². The van der Waals surface area contributed by atoms with Gasteiger partial charge in [-0.1, -0.05) is 135 Å². The molecule has 0 radical (unpaired) electrons. The Labute approximate surface area is 290 Å². The summed E-state index contributed by atoms with van der Waals surface area (Å²) in [5, 5.41) is 0. The molecule has 2 unspecified atom stereocenters. The van der Waals surface area contributed by atoms with Gasteiger partial charge in [0.25, 0.3) is 7.82 Å². The van der Waals surface area contributed by atoms with Crippen LogP contribution in [-0.2, 0) is 27.9 Å². The van der Waals surface area contributed by atoms with Crippen molar-refractivity contribution in [1.29, 1.82) is 0 Å². The summed E-state index contributed by atoms with van der Waals surface area (Å²) >= 11 is 0. The third-order valence-corrected chi connectivity index (χ3v) is 9.28. The summed E-state index contributed by atoms with van der Waals surface area (Å²) in [6.45, 7) is 5.35. The highest BCUT2D eigenvalue weighted by atomic mass is 31.2. The van der Waals surface area contributed by atoms with Crippen LogP contribution < -0.4 is 4.89 Å². The lowest BCUT2D eigenvalue weighted by molar-refractivity contribution is -0.870. The first-order valence-electron chi connectivity index (χ1n) is 19.4. The van der Waals surface area contributed by atoms with Crippen LogP contribution in [0.2, 0.25) is 0 Å². The van der Waals surface area contributed by atoms with E-state index in [9.17, 15) is 14.3 Å². The van der Waals surface area contributed by atoms with Gasteiger partial charge in [0.15, 0.2) is 0 Å². The first-order valence-corrected chi connectivity index (χ1v) is 20.9. The first-order chi connectivity index (χ1) is 22.6. The predicted octanol–water partition coefficient (Wildman–Crippen LogP) is 10.1. The fourth-order valence-corrected chi connectivity index (χ4v) is 5.97. The number of unbranched alkanes of at least 4 members (excludes halogenated alkanes) is 20. The third-order valence-electron chi connectivity index (χ3n) is 8.32. The van der Waals surface area contributed by atoms with E-state index in [4.69, 9.17) is 18.5 Å². The van der Waals surface area contributed by atoms with Gasteiger partial charge in [-0.2, -0.15) is 0 Å². The smallest absolute Gasteiger partial charge is 0.306 e. The Morgan fingerprint density at radius 1 is 0.638 bits per heavy atom. The Morgan fingerprint density at radius 2 is 1.11 bits per heavy atom. The molecular formula is C38H76NO7P. The van der Waals surface area contributed by atoms with Crippen molar-refractivity contribution < 1.29 is 37.3 Å². The molecule has 0 aliphatic carbocycles. The molecule has 0 N–H and O–H groups in total. The Morgan fingerprint density at radius 3 is 1.62 bits per heavy atom. The number of likely N-dealkylation sites (N-methyl/N-ethyl adjacent to an activating group) is 1. The number of phosphoric acid groups is 1. The van der Waals surface area contributed by atoms with E-state index in [-0.39, 0.29) is 25.8 Å². The zero-order chi connectivity index (χ0) is 34.9. The summed E-state index contributed by atoms with van der Waals surface area (Å²) in [5.74, 6) is -0.344. The lowest BCUT2D eigenvalue weighted by atomic mass is 10.1. The molecule has 0 aromatic carbocycles. The first kappa shape index (κ1) is 46.2. The predicted molar refractivity (Wildman–Crippen MR) is 194 cm³/mol. The molecule has 0 spiro atoms. The Balaban J connectivity index is 4.08. The lowest BCUT2D eigenvalue weighted by Gasteiger charge is -2.28. The van der Waals surface area contributed by atoms with Crippen molar-refractivity contribution in [3.05, 3.63) is 12.2 Å². The molecule has 8 nitrogen and oxygen atoms in total. The number of phosphoric ester groups is 1. The summed E-state index contributed by atoms with van der Waals surface area (Å²) in [5.41, 5.74) is 0. The zero-order valence-corrected chi connectivity index (χ0v) is 32.4. The molecule has 0 saturated carbocycles. The molecule has 0 rings (SSSR count). The van der Waals surface area contributed by atoms with Gasteiger partial charge in [-0.05, 0) is 38.5 Å². The van der Waals surface area contributed by atoms with Crippen molar-refractivity contribution in [2.24, 2.45) is 0 Å². The SMILES string of the molecule is CCCCCCCCC/C=C\CCCCCCCCCCOCC(COP(=O)([O-])OCC[N+](C)(C)C)OC(=O)CCCCCCCC. The van der Waals surface area contributed by atoms with Crippen molar-refractivity contribution in [2.75, 3.05) is 54.1 Å². The van der Waals surface area contributed by atoms with E-state index in [0.29, 0.717) is 24.1 Å². The summed E-state index contributed by atoms with van der Waals surface area (Å²) in [6.07, 6.45) is 32.5. The summed E-state index contributed by atoms with van der Waals surface area (Å²) in [6, 6.07) is 0. The van der Waals surface area contributed by atoms with Crippen LogP contribution in [0.25, 0.3) is 0 Å². The van der Waals surface area contributed by atoms with Crippen molar-refractivity contribution in [1.82, 2.24) is 0 Å². The van der Waals surface area contributed by atoms with Gasteiger partial charge in [-0.25, -0.2) is 0 Å². The van der Waals surface area contributed by atoms with Gasteiger partial charge in [0.05, 0.1) is 34.4 Å². The van der Waals surface area contributed by atoms with Crippen LogP contribution in [0, 0.1) is 0 Å². The lowest BCUT2D eigenvalue weighted by Crippen LogP contribution is -2.37. The van der Waals surface area contributed by atoms with Crippen molar-refractivity contribution in [3.63, 3.8) is 0 Å². The molecule has 0 aromatic heterocycles. The normalized spacial score (nSPS) is 14.1. The summed E-state index contributed by atoms with van der Waals surface area (Å²) in [4.78, 5) is 24.7. The number of quaternary nitrogens is 1. The van der Waals surface area contributed by atoms with Crippen molar-refractivity contribution >= 4 is 13.8 Å². The number of hydrogen-bond donors (Lipinski definition) is 0. The van der Waals surface area contributed by atoms with Crippen LogP contribution in [0.4, 0.5) is 0 Å². The van der Waals surface area contributed by atoms with Gasteiger partial charge < -0.3 is 27.9 Å². The van der Waals surface area contributed by atoms with Crippen LogP contribution in [0.15, 0.2) is 12.2 Å². The summed E-state index contributed by atoms with van der Waals surface area (Å²) < 4.78 is 34.3. The van der Waals surface area contributed by atoms with Crippen LogP contribution in [0.5, 0.6) is 0 Å². The third kappa shape index (κ3) is 36.3. The maximum atomic E-state index is 12.4. The van der Waals surface area contributed by atoms with E-state index in [1.165, 1.54) is 116 Å².